The summed E-state index contributed by atoms with van der Waals surface area (Å²) in [6.07, 6.45) is 7.39. The normalized spacial score (nSPS) is 14.6. The molecule has 22 heavy (non-hydrogen) atoms. The third-order valence-corrected chi connectivity index (χ3v) is 4.01. The van der Waals surface area contributed by atoms with Crippen LogP contribution < -0.4 is 5.43 Å². The smallest absolute Gasteiger partial charge is 0.341 e. The predicted octanol–water partition coefficient (Wildman–Crippen LogP) is 2.55. The lowest BCUT2D eigenvalue weighted by Gasteiger charge is -2.26. The maximum atomic E-state index is 13.0. The zero-order valence-electron chi connectivity index (χ0n) is 11.8. The highest BCUT2D eigenvalue weighted by Crippen LogP contribution is 2.28. The van der Waals surface area contributed by atoms with E-state index in [1.165, 1.54) is 24.8 Å². The van der Waals surface area contributed by atoms with E-state index in [1.807, 2.05) is 0 Å². The summed E-state index contributed by atoms with van der Waals surface area (Å²) in [7, 11) is 0. The molecule has 0 unspecified atom stereocenters. The molecular formula is C16H15FN2O3. The first-order valence-corrected chi connectivity index (χ1v) is 7.14. The quantitative estimate of drug-likeness (QED) is 0.942. The fraction of sp³-hybridized carbons (Fsp3) is 0.312. The Morgan fingerprint density at radius 3 is 2.68 bits per heavy atom. The molecular weight excluding hydrogens is 287 g/mol. The van der Waals surface area contributed by atoms with Gasteiger partial charge in [-0.25, -0.2) is 9.18 Å². The van der Waals surface area contributed by atoms with Crippen molar-refractivity contribution in [1.29, 1.82) is 0 Å². The van der Waals surface area contributed by atoms with Crippen LogP contribution in [0, 0.1) is 11.7 Å². The predicted molar refractivity (Wildman–Crippen MR) is 78.2 cm³/mol. The molecule has 0 amide bonds. The fourth-order valence-electron chi connectivity index (χ4n) is 2.58. The highest BCUT2D eigenvalue weighted by Gasteiger charge is 2.20. The van der Waals surface area contributed by atoms with Crippen LogP contribution in [-0.2, 0) is 6.54 Å². The maximum Gasteiger partial charge on any atom is 0.341 e. The minimum atomic E-state index is -1.27. The second kappa shape index (κ2) is 5.71. The third-order valence-electron chi connectivity index (χ3n) is 4.01. The summed E-state index contributed by atoms with van der Waals surface area (Å²) < 4.78 is 14.7. The molecule has 5 nitrogen and oxygen atoms in total. The van der Waals surface area contributed by atoms with Crippen LogP contribution in [0.5, 0.6) is 0 Å². The number of hydrogen-bond acceptors (Lipinski definition) is 3. The van der Waals surface area contributed by atoms with Gasteiger partial charge in [0.1, 0.15) is 11.4 Å². The van der Waals surface area contributed by atoms with Crippen molar-refractivity contribution >= 4 is 5.97 Å². The Balaban J connectivity index is 2.08. The lowest BCUT2D eigenvalue weighted by atomic mass is 9.85. The van der Waals surface area contributed by atoms with E-state index in [-0.39, 0.29) is 16.8 Å². The molecule has 2 heterocycles. The Morgan fingerprint density at radius 1 is 1.36 bits per heavy atom. The standard InChI is InChI=1S/C16H15FN2O3/c17-11-4-5-14(18-6-11)12-8-19(7-10-2-1-3-10)9-13(15(12)20)16(21)22/h4-6,8-10H,1-3,7H2,(H,21,22). The van der Waals surface area contributed by atoms with Gasteiger partial charge in [-0.05, 0) is 30.9 Å². The number of halogens is 1. The van der Waals surface area contributed by atoms with E-state index in [9.17, 15) is 19.1 Å². The molecule has 1 aliphatic rings. The SMILES string of the molecule is O=C(O)c1cn(CC2CCC2)cc(-c2ccc(F)cn2)c1=O. The van der Waals surface area contributed by atoms with E-state index in [4.69, 9.17) is 0 Å². The van der Waals surface area contributed by atoms with Gasteiger partial charge in [0.2, 0.25) is 5.43 Å². The van der Waals surface area contributed by atoms with Gasteiger partial charge in [0.05, 0.1) is 17.5 Å². The Labute approximate surface area is 126 Å². The molecule has 0 radical (unpaired) electrons. The van der Waals surface area contributed by atoms with E-state index in [0.29, 0.717) is 12.5 Å². The van der Waals surface area contributed by atoms with Crippen LogP contribution in [-0.4, -0.2) is 20.6 Å². The van der Waals surface area contributed by atoms with Crippen LogP contribution in [0.1, 0.15) is 29.6 Å². The number of carboxylic acids is 1. The largest absolute Gasteiger partial charge is 0.477 e. The molecule has 0 bridgehead atoms. The van der Waals surface area contributed by atoms with E-state index in [1.54, 1.807) is 10.8 Å². The maximum absolute atomic E-state index is 13.0. The lowest BCUT2D eigenvalue weighted by molar-refractivity contribution is 0.0694. The van der Waals surface area contributed by atoms with Crippen molar-refractivity contribution in [2.45, 2.75) is 25.8 Å². The van der Waals surface area contributed by atoms with Crippen molar-refractivity contribution < 1.29 is 14.3 Å². The molecule has 0 aliphatic heterocycles. The van der Waals surface area contributed by atoms with Crippen LogP contribution >= 0.6 is 0 Å². The number of carbonyl (C=O) groups is 1. The van der Waals surface area contributed by atoms with E-state index in [2.05, 4.69) is 4.98 Å². The lowest BCUT2D eigenvalue weighted by Crippen LogP contribution is -2.23. The van der Waals surface area contributed by atoms with Crippen molar-refractivity contribution in [2.24, 2.45) is 5.92 Å². The number of aromatic nitrogens is 2. The van der Waals surface area contributed by atoms with E-state index >= 15 is 0 Å². The molecule has 1 saturated carbocycles. The van der Waals surface area contributed by atoms with Gasteiger partial charge in [-0.2, -0.15) is 0 Å². The average Bonchev–Trinajstić information content (AvgIpc) is 2.45. The van der Waals surface area contributed by atoms with Crippen molar-refractivity contribution in [2.75, 3.05) is 0 Å². The van der Waals surface area contributed by atoms with Crippen molar-refractivity contribution in [3.8, 4) is 11.3 Å². The molecule has 0 spiro atoms. The zero-order valence-corrected chi connectivity index (χ0v) is 11.8. The van der Waals surface area contributed by atoms with Gasteiger partial charge < -0.3 is 9.67 Å². The van der Waals surface area contributed by atoms with Crippen LogP contribution in [0.4, 0.5) is 4.39 Å². The van der Waals surface area contributed by atoms with Crippen LogP contribution in [0.25, 0.3) is 11.3 Å². The molecule has 1 fully saturated rings. The fourth-order valence-corrected chi connectivity index (χ4v) is 2.58. The van der Waals surface area contributed by atoms with Crippen LogP contribution in [0.15, 0.2) is 35.5 Å². The molecule has 0 aromatic carbocycles. The summed E-state index contributed by atoms with van der Waals surface area (Å²) in [6.45, 7) is 0.675. The van der Waals surface area contributed by atoms with Gasteiger partial charge >= 0.3 is 5.97 Å². The van der Waals surface area contributed by atoms with Crippen molar-refractivity contribution in [3.63, 3.8) is 0 Å². The first-order chi connectivity index (χ1) is 10.5. The molecule has 6 heteroatoms. The highest BCUT2D eigenvalue weighted by atomic mass is 19.1. The minimum Gasteiger partial charge on any atom is -0.477 e. The van der Waals surface area contributed by atoms with Crippen molar-refractivity contribution in [3.05, 3.63) is 52.3 Å². The van der Waals surface area contributed by atoms with E-state index in [0.717, 1.165) is 19.0 Å². The number of hydrogen-bond donors (Lipinski definition) is 1. The van der Waals surface area contributed by atoms with Gasteiger partial charge in [-0.15, -0.1) is 0 Å². The van der Waals surface area contributed by atoms with Gasteiger partial charge in [0.15, 0.2) is 0 Å². The molecule has 0 saturated heterocycles. The van der Waals surface area contributed by atoms with Crippen molar-refractivity contribution in [1.82, 2.24) is 9.55 Å². The number of nitrogens with zero attached hydrogens (tertiary/aromatic N) is 2. The molecule has 1 aliphatic carbocycles. The number of carboxylic acid groups (broad SMARTS) is 1. The summed E-state index contributed by atoms with van der Waals surface area (Å²) in [6, 6.07) is 2.58. The second-order valence-corrected chi connectivity index (χ2v) is 5.58. The molecule has 114 valence electrons. The molecule has 1 N–H and O–H groups in total. The summed E-state index contributed by atoms with van der Waals surface area (Å²) in [4.78, 5) is 27.5. The van der Waals surface area contributed by atoms with Gasteiger partial charge in [-0.1, -0.05) is 6.42 Å². The van der Waals surface area contributed by atoms with Gasteiger partial charge in [0, 0.05) is 18.9 Å². The number of pyridine rings is 2. The van der Waals surface area contributed by atoms with Crippen LogP contribution in [0.2, 0.25) is 0 Å². The number of rotatable bonds is 4. The molecule has 2 aromatic rings. The zero-order chi connectivity index (χ0) is 15.7. The first-order valence-electron chi connectivity index (χ1n) is 7.14. The average molecular weight is 302 g/mol. The monoisotopic (exact) mass is 302 g/mol. The van der Waals surface area contributed by atoms with Gasteiger partial charge in [-0.3, -0.25) is 9.78 Å². The minimum absolute atomic E-state index is 0.180. The molecule has 0 atom stereocenters. The Morgan fingerprint density at radius 2 is 2.14 bits per heavy atom. The molecule has 2 aromatic heterocycles. The summed E-state index contributed by atoms with van der Waals surface area (Å²) in [5, 5.41) is 9.22. The topological polar surface area (TPSA) is 72.2 Å². The second-order valence-electron chi connectivity index (χ2n) is 5.58. The number of aromatic carboxylic acids is 1. The molecule has 3 rings (SSSR count). The Hall–Kier alpha value is -2.50. The Kier molecular flexibility index (Phi) is 3.75. The third kappa shape index (κ3) is 2.77. The summed E-state index contributed by atoms with van der Waals surface area (Å²) in [5.41, 5.74) is -0.435. The summed E-state index contributed by atoms with van der Waals surface area (Å²) in [5.74, 6) is -1.26. The van der Waals surface area contributed by atoms with Gasteiger partial charge in [0.25, 0.3) is 0 Å². The summed E-state index contributed by atoms with van der Waals surface area (Å²) >= 11 is 0. The first kappa shape index (κ1) is 14.4. The van der Waals surface area contributed by atoms with E-state index < -0.39 is 17.2 Å². The van der Waals surface area contributed by atoms with Crippen LogP contribution in [0.3, 0.4) is 0 Å². The highest BCUT2D eigenvalue weighted by molar-refractivity contribution is 5.88. The Bertz CT molecular complexity index is 764.